The summed E-state index contributed by atoms with van der Waals surface area (Å²) in [6.07, 6.45) is 1.89. The van der Waals surface area contributed by atoms with Gasteiger partial charge in [0, 0.05) is 18.8 Å². The van der Waals surface area contributed by atoms with Gasteiger partial charge >= 0.3 is 0 Å². The van der Waals surface area contributed by atoms with Crippen molar-refractivity contribution in [1.29, 1.82) is 0 Å². The molecule has 0 amide bonds. The van der Waals surface area contributed by atoms with E-state index in [2.05, 4.69) is 46.2 Å². The molecule has 160 valence electrons. The lowest BCUT2D eigenvalue weighted by Crippen LogP contribution is -2.44. The Labute approximate surface area is 184 Å². The van der Waals surface area contributed by atoms with Crippen LogP contribution >= 0.6 is 0 Å². The molecule has 3 aromatic carbocycles. The number of hydrogen-bond acceptors (Lipinski definition) is 5. The number of hydrogen-bond donors (Lipinski definition) is 0. The highest BCUT2D eigenvalue weighted by molar-refractivity contribution is 5.80. The topological polar surface area (TPSA) is 37.3 Å². The second kappa shape index (κ2) is 10.0. The fourth-order valence-electron chi connectivity index (χ4n) is 3.59. The summed E-state index contributed by atoms with van der Waals surface area (Å²) >= 11 is 0. The van der Waals surface area contributed by atoms with Crippen LogP contribution in [-0.2, 0) is 6.61 Å². The molecule has 5 nitrogen and oxygen atoms in total. The summed E-state index contributed by atoms with van der Waals surface area (Å²) in [6.45, 7) is 6.37. The molecule has 0 atom stereocenters. The maximum Gasteiger partial charge on any atom is 0.161 e. The van der Waals surface area contributed by atoms with Gasteiger partial charge in [-0.1, -0.05) is 48.0 Å². The van der Waals surface area contributed by atoms with Crippen molar-refractivity contribution in [1.82, 2.24) is 5.01 Å². The van der Waals surface area contributed by atoms with Gasteiger partial charge in [0.15, 0.2) is 11.5 Å². The van der Waals surface area contributed by atoms with Crippen molar-refractivity contribution in [2.75, 3.05) is 38.2 Å². The summed E-state index contributed by atoms with van der Waals surface area (Å²) < 4.78 is 11.5. The Balaban J connectivity index is 1.33. The van der Waals surface area contributed by atoms with Crippen molar-refractivity contribution in [3.8, 4) is 11.5 Å². The van der Waals surface area contributed by atoms with Crippen molar-refractivity contribution in [2.24, 2.45) is 5.10 Å². The monoisotopic (exact) mass is 415 g/mol. The van der Waals surface area contributed by atoms with Gasteiger partial charge in [0.1, 0.15) is 6.61 Å². The van der Waals surface area contributed by atoms with Crippen LogP contribution in [0.2, 0.25) is 0 Å². The summed E-state index contributed by atoms with van der Waals surface area (Å²) in [7, 11) is 1.66. The Morgan fingerprint density at radius 3 is 2.32 bits per heavy atom. The molecule has 0 unspecified atom stereocenters. The van der Waals surface area contributed by atoms with Gasteiger partial charge in [-0.2, -0.15) is 5.10 Å². The molecule has 0 bridgehead atoms. The molecule has 5 heteroatoms. The number of hydrazone groups is 1. The Hall–Kier alpha value is -3.47. The van der Waals surface area contributed by atoms with Crippen LogP contribution in [0.1, 0.15) is 16.7 Å². The van der Waals surface area contributed by atoms with Crippen molar-refractivity contribution < 1.29 is 9.47 Å². The summed E-state index contributed by atoms with van der Waals surface area (Å²) in [5.74, 6) is 1.44. The molecule has 1 aliphatic rings. The number of benzene rings is 3. The molecule has 1 heterocycles. The van der Waals surface area contributed by atoms with Gasteiger partial charge in [0.25, 0.3) is 0 Å². The third kappa shape index (κ3) is 5.57. The fraction of sp³-hybridized carbons (Fsp3) is 0.269. The minimum atomic E-state index is 0.510. The van der Waals surface area contributed by atoms with E-state index in [1.807, 2.05) is 54.7 Å². The highest BCUT2D eigenvalue weighted by Crippen LogP contribution is 2.28. The van der Waals surface area contributed by atoms with Crippen LogP contribution in [-0.4, -0.2) is 44.5 Å². The van der Waals surface area contributed by atoms with Crippen molar-refractivity contribution in [3.05, 3.63) is 89.5 Å². The molecular weight excluding hydrogens is 386 g/mol. The number of anilines is 1. The minimum absolute atomic E-state index is 0.510. The Morgan fingerprint density at radius 2 is 1.61 bits per heavy atom. The Kier molecular flexibility index (Phi) is 6.72. The standard InChI is InChI=1S/C26H29N3O2/c1-21-8-11-24(12-9-21)28-14-16-29(17-15-28)27-19-23-10-13-25(26(18-23)30-2)31-20-22-6-4-3-5-7-22/h3-13,18-19H,14-17,20H2,1-2H3/b27-19-. The first-order valence-electron chi connectivity index (χ1n) is 10.7. The van der Waals surface area contributed by atoms with Crippen LogP contribution in [0, 0.1) is 6.92 Å². The van der Waals surface area contributed by atoms with E-state index >= 15 is 0 Å². The van der Waals surface area contributed by atoms with E-state index in [1.165, 1.54) is 11.3 Å². The van der Waals surface area contributed by atoms with E-state index in [-0.39, 0.29) is 0 Å². The van der Waals surface area contributed by atoms with Gasteiger partial charge in [0.05, 0.1) is 26.4 Å². The lowest BCUT2D eigenvalue weighted by atomic mass is 10.2. The van der Waals surface area contributed by atoms with E-state index in [0.717, 1.165) is 43.1 Å². The normalized spacial score (nSPS) is 14.1. The first kappa shape index (κ1) is 20.8. The predicted molar refractivity (Wildman–Crippen MR) is 126 cm³/mol. The molecule has 3 aromatic rings. The number of rotatable bonds is 7. The molecule has 0 aromatic heterocycles. The number of aryl methyl sites for hydroxylation is 1. The molecule has 1 saturated heterocycles. The van der Waals surface area contributed by atoms with Crippen LogP contribution < -0.4 is 14.4 Å². The molecule has 0 radical (unpaired) electrons. The maximum atomic E-state index is 5.94. The molecule has 0 spiro atoms. The average Bonchev–Trinajstić information content (AvgIpc) is 2.83. The summed E-state index contributed by atoms with van der Waals surface area (Å²) in [4.78, 5) is 2.41. The Morgan fingerprint density at radius 1 is 0.871 bits per heavy atom. The van der Waals surface area contributed by atoms with Gasteiger partial charge < -0.3 is 14.4 Å². The van der Waals surface area contributed by atoms with Crippen molar-refractivity contribution in [3.63, 3.8) is 0 Å². The SMILES string of the molecule is COc1cc(/C=N\N2CCN(c3ccc(C)cc3)CC2)ccc1OCc1ccccc1. The minimum Gasteiger partial charge on any atom is -0.493 e. The molecule has 1 fully saturated rings. The zero-order valence-corrected chi connectivity index (χ0v) is 18.2. The molecular formula is C26H29N3O2. The maximum absolute atomic E-state index is 5.94. The lowest BCUT2D eigenvalue weighted by Gasteiger charge is -2.34. The van der Waals surface area contributed by atoms with Gasteiger partial charge in [-0.15, -0.1) is 0 Å². The smallest absolute Gasteiger partial charge is 0.161 e. The highest BCUT2D eigenvalue weighted by atomic mass is 16.5. The largest absolute Gasteiger partial charge is 0.493 e. The van der Waals surface area contributed by atoms with Gasteiger partial charge in [-0.3, -0.25) is 5.01 Å². The molecule has 1 aliphatic heterocycles. The number of piperazine rings is 1. The second-order valence-corrected chi connectivity index (χ2v) is 7.71. The summed E-state index contributed by atoms with van der Waals surface area (Å²) in [6, 6.07) is 24.8. The zero-order valence-electron chi connectivity index (χ0n) is 18.2. The van der Waals surface area contributed by atoms with Gasteiger partial charge in [-0.25, -0.2) is 0 Å². The average molecular weight is 416 g/mol. The molecule has 4 rings (SSSR count). The van der Waals surface area contributed by atoms with E-state index in [4.69, 9.17) is 9.47 Å². The first-order valence-corrected chi connectivity index (χ1v) is 10.7. The van der Waals surface area contributed by atoms with Crippen LogP contribution in [0.25, 0.3) is 0 Å². The lowest BCUT2D eigenvalue weighted by molar-refractivity contribution is 0.272. The molecule has 0 N–H and O–H groups in total. The molecule has 0 aliphatic carbocycles. The molecule has 31 heavy (non-hydrogen) atoms. The van der Waals surface area contributed by atoms with Crippen LogP contribution in [0.5, 0.6) is 11.5 Å². The van der Waals surface area contributed by atoms with Gasteiger partial charge in [-0.05, 0) is 48.4 Å². The first-order chi connectivity index (χ1) is 15.2. The fourth-order valence-corrected chi connectivity index (χ4v) is 3.59. The van der Waals surface area contributed by atoms with Crippen LogP contribution in [0.3, 0.4) is 0 Å². The molecule has 0 saturated carbocycles. The van der Waals surface area contributed by atoms with E-state index in [0.29, 0.717) is 12.4 Å². The highest BCUT2D eigenvalue weighted by Gasteiger charge is 2.15. The summed E-state index contributed by atoms with van der Waals surface area (Å²) in [5.41, 5.74) is 4.69. The predicted octanol–water partition coefficient (Wildman–Crippen LogP) is 4.74. The van der Waals surface area contributed by atoms with Crippen LogP contribution in [0.4, 0.5) is 5.69 Å². The van der Waals surface area contributed by atoms with Crippen molar-refractivity contribution >= 4 is 11.9 Å². The van der Waals surface area contributed by atoms with E-state index in [9.17, 15) is 0 Å². The number of ether oxygens (including phenoxy) is 2. The third-order valence-electron chi connectivity index (χ3n) is 5.45. The third-order valence-corrected chi connectivity index (χ3v) is 5.45. The van der Waals surface area contributed by atoms with E-state index in [1.54, 1.807) is 7.11 Å². The number of nitrogens with zero attached hydrogens (tertiary/aromatic N) is 3. The van der Waals surface area contributed by atoms with Crippen molar-refractivity contribution in [2.45, 2.75) is 13.5 Å². The summed E-state index contributed by atoms with van der Waals surface area (Å²) in [5, 5.41) is 6.80. The van der Waals surface area contributed by atoms with E-state index < -0.39 is 0 Å². The number of methoxy groups -OCH3 is 1. The second-order valence-electron chi connectivity index (χ2n) is 7.71. The van der Waals surface area contributed by atoms with Crippen LogP contribution in [0.15, 0.2) is 77.9 Å². The quantitative estimate of drug-likeness (QED) is 0.523. The Bertz CT molecular complexity index is 995. The van der Waals surface area contributed by atoms with Gasteiger partial charge in [0.2, 0.25) is 0 Å². The zero-order chi connectivity index (χ0) is 21.5.